The van der Waals surface area contributed by atoms with E-state index in [2.05, 4.69) is 13.8 Å². The molecule has 2 nitrogen and oxygen atoms in total. The van der Waals surface area contributed by atoms with Gasteiger partial charge in [-0.05, 0) is 25.2 Å². The van der Waals surface area contributed by atoms with E-state index in [9.17, 15) is 0 Å². The molecular weight excluding hydrogens is 152 g/mol. The SMILES string of the molecule is CCC(CCCO)C(CC)OC. The first-order valence-corrected chi connectivity index (χ1v) is 4.93. The van der Waals surface area contributed by atoms with Gasteiger partial charge in [0.15, 0.2) is 0 Å². The summed E-state index contributed by atoms with van der Waals surface area (Å²) in [5.74, 6) is 0.618. The Morgan fingerprint density at radius 2 is 1.92 bits per heavy atom. The van der Waals surface area contributed by atoms with Crippen LogP contribution in [0.25, 0.3) is 0 Å². The molecular formula is C10H22O2. The molecule has 0 saturated carbocycles. The number of methoxy groups -OCH3 is 1. The molecule has 0 aromatic heterocycles. The first-order valence-electron chi connectivity index (χ1n) is 4.93. The summed E-state index contributed by atoms with van der Waals surface area (Å²) < 4.78 is 5.37. The van der Waals surface area contributed by atoms with Crippen molar-refractivity contribution in [2.75, 3.05) is 13.7 Å². The van der Waals surface area contributed by atoms with Gasteiger partial charge in [0.05, 0.1) is 6.10 Å². The summed E-state index contributed by atoms with van der Waals surface area (Å²) in [6.07, 6.45) is 4.58. The van der Waals surface area contributed by atoms with Gasteiger partial charge in [0.25, 0.3) is 0 Å². The third kappa shape index (κ3) is 4.07. The molecule has 0 bridgehead atoms. The summed E-state index contributed by atoms with van der Waals surface area (Å²) in [5, 5.41) is 8.70. The van der Waals surface area contributed by atoms with Crippen LogP contribution in [0.4, 0.5) is 0 Å². The Labute approximate surface area is 75.9 Å². The molecule has 0 aromatic carbocycles. The molecule has 2 unspecified atom stereocenters. The van der Waals surface area contributed by atoms with Crippen LogP contribution in [0.15, 0.2) is 0 Å². The van der Waals surface area contributed by atoms with Crippen LogP contribution in [0.1, 0.15) is 39.5 Å². The van der Waals surface area contributed by atoms with Crippen LogP contribution >= 0.6 is 0 Å². The second-order valence-electron chi connectivity index (χ2n) is 3.22. The minimum atomic E-state index is 0.302. The van der Waals surface area contributed by atoms with Gasteiger partial charge < -0.3 is 9.84 Å². The van der Waals surface area contributed by atoms with E-state index in [1.165, 1.54) is 0 Å². The molecule has 2 atom stereocenters. The third-order valence-electron chi connectivity index (χ3n) is 2.49. The Morgan fingerprint density at radius 3 is 2.25 bits per heavy atom. The Hall–Kier alpha value is -0.0800. The lowest BCUT2D eigenvalue weighted by molar-refractivity contribution is 0.0413. The van der Waals surface area contributed by atoms with E-state index < -0.39 is 0 Å². The summed E-state index contributed by atoms with van der Waals surface area (Å²) in [6, 6.07) is 0. The van der Waals surface area contributed by atoms with Gasteiger partial charge in [-0.2, -0.15) is 0 Å². The fraction of sp³-hybridized carbons (Fsp3) is 1.00. The van der Waals surface area contributed by atoms with E-state index in [0.29, 0.717) is 18.6 Å². The lowest BCUT2D eigenvalue weighted by Gasteiger charge is -2.23. The molecule has 0 aliphatic carbocycles. The number of hydrogen-bond acceptors (Lipinski definition) is 2. The zero-order valence-electron chi connectivity index (χ0n) is 8.55. The van der Waals surface area contributed by atoms with E-state index in [1.807, 2.05) is 0 Å². The van der Waals surface area contributed by atoms with Crippen LogP contribution in [0.5, 0.6) is 0 Å². The van der Waals surface area contributed by atoms with Crippen molar-refractivity contribution >= 4 is 0 Å². The average molecular weight is 174 g/mol. The standard InChI is InChI=1S/C10H22O2/c1-4-9(7-6-8-11)10(5-2)12-3/h9-11H,4-8H2,1-3H3. The number of rotatable bonds is 7. The molecule has 0 radical (unpaired) electrons. The topological polar surface area (TPSA) is 29.5 Å². The second-order valence-corrected chi connectivity index (χ2v) is 3.22. The Bertz CT molecular complexity index is 89.8. The zero-order chi connectivity index (χ0) is 9.40. The fourth-order valence-electron chi connectivity index (χ4n) is 1.70. The molecule has 12 heavy (non-hydrogen) atoms. The predicted octanol–water partition coefficient (Wildman–Crippen LogP) is 2.21. The van der Waals surface area contributed by atoms with Crippen molar-refractivity contribution in [2.24, 2.45) is 5.92 Å². The normalized spacial score (nSPS) is 16.0. The van der Waals surface area contributed by atoms with Crippen LogP contribution < -0.4 is 0 Å². The maximum Gasteiger partial charge on any atom is 0.0596 e. The highest BCUT2D eigenvalue weighted by molar-refractivity contribution is 4.67. The second kappa shape index (κ2) is 7.56. The van der Waals surface area contributed by atoms with Crippen molar-refractivity contribution in [2.45, 2.75) is 45.6 Å². The summed E-state index contributed by atoms with van der Waals surface area (Å²) >= 11 is 0. The highest BCUT2D eigenvalue weighted by atomic mass is 16.5. The van der Waals surface area contributed by atoms with E-state index >= 15 is 0 Å². The monoisotopic (exact) mass is 174 g/mol. The molecule has 0 aromatic rings. The number of aliphatic hydroxyl groups is 1. The van der Waals surface area contributed by atoms with Crippen LogP contribution in [0.3, 0.4) is 0 Å². The molecule has 0 spiro atoms. The van der Waals surface area contributed by atoms with Crippen LogP contribution in [-0.2, 0) is 4.74 Å². The summed E-state index contributed by atoms with van der Waals surface area (Å²) in [4.78, 5) is 0. The maximum atomic E-state index is 8.70. The molecule has 0 aliphatic rings. The summed E-state index contributed by atoms with van der Waals surface area (Å²) in [7, 11) is 1.77. The Kier molecular flexibility index (Phi) is 7.51. The van der Waals surface area contributed by atoms with Crippen LogP contribution in [0, 0.1) is 5.92 Å². The number of ether oxygens (including phenoxy) is 1. The minimum Gasteiger partial charge on any atom is -0.396 e. The van der Waals surface area contributed by atoms with Crippen molar-refractivity contribution in [3.8, 4) is 0 Å². The quantitative estimate of drug-likeness (QED) is 0.641. The molecule has 2 heteroatoms. The smallest absolute Gasteiger partial charge is 0.0596 e. The van der Waals surface area contributed by atoms with Gasteiger partial charge in [-0.3, -0.25) is 0 Å². The highest BCUT2D eigenvalue weighted by Crippen LogP contribution is 2.19. The van der Waals surface area contributed by atoms with Crippen LogP contribution in [0.2, 0.25) is 0 Å². The van der Waals surface area contributed by atoms with Gasteiger partial charge >= 0.3 is 0 Å². The lowest BCUT2D eigenvalue weighted by atomic mass is 9.92. The molecule has 1 N–H and O–H groups in total. The zero-order valence-corrected chi connectivity index (χ0v) is 8.55. The predicted molar refractivity (Wildman–Crippen MR) is 51.2 cm³/mol. The van der Waals surface area contributed by atoms with Crippen LogP contribution in [-0.4, -0.2) is 24.9 Å². The van der Waals surface area contributed by atoms with Gasteiger partial charge in [-0.15, -0.1) is 0 Å². The first kappa shape index (κ1) is 11.9. The largest absolute Gasteiger partial charge is 0.396 e. The molecule has 0 aliphatic heterocycles. The Balaban J connectivity index is 3.75. The average Bonchev–Trinajstić information content (AvgIpc) is 2.12. The van der Waals surface area contributed by atoms with Crippen molar-refractivity contribution in [3.05, 3.63) is 0 Å². The fourth-order valence-corrected chi connectivity index (χ4v) is 1.70. The summed E-state index contributed by atoms with van der Waals surface area (Å²) in [6.45, 7) is 4.64. The maximum absolute atomic E-state index is 8.70. The molecule has 0 saturated heterocycles. The summed E-state index contributed by atoms with van der Waals surface area (Å²) in [5.41, 5.74) is 0. The van der Waals surface area contributed by atoms with Gasteiger partial charge in [-0.1, -0.05) is 20.3 Å². The van der Waals surface area contributed by atoms with Crippen molar-refractivity contribution in [1.82, 2.24) is 0 Å². The molecule has 0 rings (SSSR count). The first-order chi connectivity index (χ1) is 5.79. The minimum absolute atomic E-state index is 0.302. The van der Waals surface area contributed by atoms with E-state index in [4.69, 9.17) is 9.84 Å². The van der Waals surface area contributed by atoms with Gasteiger partial charge in [-0.25, -0.2) is 0 Å². The molecule has 74 valence electrons. The molecule has 0 amide bonds. The van der Waals surface area contributed by atoms with Crippen molar-refractivity contribution in [3.63, 3.8) is 0 Å². The van der Waals surface area contributed by atoms with E-state index in [0.717, 1.165) is 25.7 Å². The lowest BCUT2D eigenvalue weighted by Crippen LogP contribution is -2.21. The van der Waals surface area contributed by atoms with Crippen molar-refractivity contribution < 1.29 is 9.84 Å². The highest BCUT2D eigenvalue weighted by Gasteiger charge is 2.16. The van der Waals surface area contributed by atoms with Crippen molar-refractivity contribution in [1.29, 1.82) is 0 Å². The molecule has 0 heterocycles. The molecule has 0 fully saturated rings. The van der Waals surface area contributed by atoms with E-state index in [-0.39, 0.29) is 0 Å². The van der Waals surface area contributed by atoms with Gasteiger partial charge in [0, 0.05) is 13.7 Å². The Morgan fingerprint density at radius 1 is 1.25 bits per heavy atom. The van der Waals surface area contributed by atoms with Gasteiger partial charge in [0.1, 0.15) is 0 Å². The number of aliphatic hydroxyl groups excluding tert-OH is 1. The number of hydrogen-bond donors (Lipinski definition) is 1. The third-order valence-corrected chi connectivity index (χ3v) is 2.49. The van der Waals surface area contributed by atoms with Gasteiger partial charge in [0.2, 0.25) is 0 Å². The van der Waals surface area contributed by atoms with E-state index in [1.54, 1.807) is 7.11 Å².